The lowest BCUT2D eigenvalue weighted by molar-refractivity contribution is -0.119. The summed E-state index contributed by atoms with van der Waals surface area (Å²) in [5.74, 6) is -0.213. The van der Waals surface area contributed by atoms with E-state index in [1.54, 1.807) is 16.3 Å². The van der Waals surface area contributed by atoms with E-state index in [-0.39, 0.29) is 18.0 Å². The quantitative estimate of drug-likeness (QED) is 0.480. The zero-order chi connectivity index (χ0) is 22.1. The molecule has 0 atom stereocenters. The van der Waals surface area contributed by atoms with E-state index in [0.29, 0.717) is 22.4 Å². The summed E-state index contributed by atoms with van der Waals surface area (Å²) in [5.41, 5.74) is 2.69. The van der Waals surface area contributed by atoms with Crippen molar-refractivity contribution in [3.8, 4) is 5.69 Å². The lowest BCUT2D eigenvalue weighted by Gasteiger charge is -2.22. The van der Waals surface area contributed by atoms with Crippen LogP contribution in [-0.4, -0.2) is 21.6 Å². The summed E-state index contributed by atoms with van der Waals surface area (Å²) in [7, 11) is 0. The van der Waals surface area contributed by atoms with Crippen LogP contribution in [0.3, 0.4) is 0 Å². The third-order valence-electron chi connectivity index (χ3n) is 5.34. The van der Waals surface area contributed by atoms with Gasteiger partial charge in [-0.05, 0) is 61.5 Å². The Hall–Kier alpha value is -3.45. The molecule has 31 heavy (non-hydrogen) atoms. The predicted octanol–water partition coefficient (Wildman–Crippen LogP) is 3.88. The number of rotatable bonds is 5. The van der Waals surface area contributed by atoms with Crippen LogP contribution in [0.2, 0.25) is 0 Å². The minimum absolute atomic E-state index is 0.153. The van der Waals surface area contributed by atoms with Gasteiger partial charge in [0.15, 0.2) is 0 Å². The Morgan fingerprint density at radius 3 is 2.48 bits per heavy atom. The van der Waals surface area contributed by atoms with Crippen LogP contribution in [0.15, 0.2) is 69.6 Å². The average Bonchev–Trinajstić information content (AvgIpc) is 3.25. The van der Waals surface area contributed by atoms with Crippen molar-refractivity contribution < 1.29 is 4.79 Å². The molecule has 0 bridgehead atoms. The highest BCUT2D eigenvalue weighted by molar-refractivity contribution is 7.17. The maximum atomic E-state index is 13.5. The monoisotopic (exact) mass is 433 g/mol. The summed E-state index contributed by atoms with van der Waals surface area (Å²) < 4.78 is 3.05. The molecular weight excluding hydrogens is 410 g/mol. The number of hydrogen-bond acceptors (Lipinski definition) is 4. The number of nitrogens with zero attached hydrogens (tertiary/aromatic N) is 3. The van der Waals surface area contributed by atoms with E-state index >= 15 is 0 Å². The normalized spacial score (nSPS) is 11.1. The first-order chi connectivity index (χ1) is 14.9. The highest BCUT2D eigenvalue weighted by Crippen LogP contribution is 2.19. The van der Waals surface area contributed by atoms with Gasteiger partial charge in [-0.15, -0.1) is 11.3 Å². The number of aryl methyl sites for hydroxylation is 2. The van der Waals surface area contributed by atoms with Crippen molar-refractivity contribution in [2.75, 3.05) is 11.4 Å². The molecule has 158 valence electrons. The zero-order valence-electron chi connectivity index (χ0n) is 17.7. The van der Waals surface area contributed by atoms with Crippen LogP contribution in [0, 0.1) is 13.8 Å². The summed E-state index contributed by atoms with van der Waals surface area (Å²) in [6.07, 6.45) is 0. The summed E-state index contributed by atoms with van der Waals surface area (Å²) in [6.45, 7) is 5.99. The Balaban J connectivity index is 1.88. The second-order valence-corrected chi connectivity index (χ2v) is 8.32. The van der Waals surface area contributed by atoms with Gasteiger partial charge in [-0.1, -0.05) is 30.3 Å². The SMILES string of the molecule is CCN(C(=O)Cn1c(=O)n(-c2cc(C)ccc2C)c(=O)c2sccc21)c1ccccc1. The Kier molecular flexibility index (Phi) is 5.61. The maximum absolute atomic E-state index is 13.5. The minimum Gasteiger partial charge on any atom is -0.311 e. The van der Waals surface area contributed by atoms with Crippen molar-refractivity contribution in [2.24, 2.45) is 0 Å². The molecule has 0 spiro atoms. The maximum Gasteiger partial charge on any atom is 0.336 e. The molecule has 6 nitrogen and oxygen atoms in total. The van der Waals surface area contributed by atoms with Gasteiger partial charge in [0.2, 0.25) is 5.91 Å². The third-order valence-corrected chi connectivity index (χ3v) is 6.23. The number of anilines is 1. The number of likely N-dealkylation sites (N-methyl/N-ethyl adjacent to an activating group) is 1. The molecule has 2 aromatic carbocycles. The second kappa shape index (κ2) is 8.35. The van der Waals surface area contributed by atoms with Gasteiger partial charge < -0.3 is 4.90 Å². The molecule has 1 amide bonds. The van der Waals surface area contributed by atoms with Gasteiger partial charge in [0.25, 0.3) is 5.56 Å². The van der Waals surface area contributed by atoms with Crippen molar-refractivity contribution in [1.82, 2.24) is 9.13 Å². The van der Waals surface area contributed by atoms with Gasteiger partial charge in [-0.2, -0.15) is 0 Å². The number of benzene rings is 2. The highest BCUT2D eigenvalue weighted by Gasteiger charge is 2.21. The number of carbonyl (C=O) groups excluding carboxylic acids is 1. The van der Waals surface area contributed by atoms with Gasteiger partial charge in [-0.3, -0.25) is 14.2 Å². The Morgan fingerprint density at radius 2 is 1.77 bits per heavy atom. The number of thiophene rings is 1. The fourth-order valence-corrected chi connectivity index (χ4v) is 4.57. The van der Waals surface area contributed by atoms with E-state index in [1.807, 2.05) is 69.3 Å². The van der Waals surface area contributed by atoms with E-state index in [2.05, 4.69) is 0 Å². The number of fused-ring (bicyclic) bond motifs is 1. The number of aromatic nitrogens is 2. The van der Waals surface area contributed by atoms with Crippen LogP contribution in [-0.2, 0) is 11.3 Å². The number of amides is 1. The number of hydrogen-bond donors (Lipinski definition) is 0. The fraction of sp³-hybridized carbons (Fsp3) is 0.208. The minimum atomic E-state index is -0.512. The smallest absolute Gasteiger partial charge is 0.311 e. The topological polar surface area (TPSA) is 64.3 Å². The van der Waals surface area contributed by atoms with E-state index in [0.717, 1.165) is 16.8 Å². The molecular formula is C24H23N3O3S. The Morgan fingerprint density at radius 1 is 1.03 bits per heavy atom. The van der Waals surface area contributed by atoms with Crippen LogP contribution in [0.25, 0.3) is 15.9 Å². The number of carbonyl (C=O) groups is 1. The molecule has 2 aromatic heterocycles. The van der Waals surface area contributed by atoms with E-state index in [9.17, 15) is 14.4 Å². The summed E-state index contributed by atoms with van der Waals surface area (Å²) in [6, 6.07) is 16.7. The van der Waals surface area contributed by atoms with Crippen LogP contribution in [0.4, 0.5) is 5.69 Å². The van der Waals surface area contributed by atoms with Crippen molar-refractivity contribution in [2.45, 2.75) is 27.3 Å². The van der Waals surface area contributed by atoms with Gasteiger partial charge >= 0.3 is 5.69 Å². The fourth-order valence-electron chi connectivity index (χ4n) is 3.74. The van der Waals surface area contributed by atoms with E-state index in [4.69, 9.17) is 0 Å². The molecule has 0 saturated carbocycles. The van der Waals surface area contributed by atoms with Crippen LogP contribution >= 0.6 is 11.3 Å². The molecule has 7 heteroatoms. The first kappa shape index (κ1) is 20.8. The molecule has 4 rings (SSSR count). The summed E-state index contributed by atoms with van der Waals surface area (Å²) in [4.78, 5) is 41.5. The second-order valence-electron chi connectivity index (χ2n) is 7.41. The molecule has 0 unspecified atom stereocenters. The molecule has 0 aliphatic carbocycles. The molecule has 0 fully saturated rings. The molecule has 0 aliphatic rings. The molecule has 0 radical (unpaired) electrons. The van der Waals surface area contributed by atoms with Crippen molar-refractivity contribution >= 4 is 33.1 Å². The van der Waals surface area contributed by atoms with E-state index in [1.165, 1.54) is 20.5 Å². The number of para-hydroxylation sites is 1. The van der Waals surface area contributed by atoms with Gasteiger partial charge in [0.05, 0.1) is 11.2 Å². The molecule has 4 aromatic rings. The van der Waals surface area contributed by atoms with Crippen molar-refractivity contribution in [3.63, 3.8) is 0 Å². The van der Waals surface area contributed by atoms with Crippen LogP contribution in [0.5, 0.6) is 0 Å². The van der Waals surface area contributed by atoms with Crippen molar-refractivity contribution in [1.29, 1.82) is 0 Å². The highest BCUT2D eigenvalue weighted by atomic mass is 32.1. The molecule has 0 N–H and O–H groups in total. The lowest BCUT2D eigenvalue weighted by atomic mass is 10.1. The Labute approximate surface area is 183 Å². The van der Waals surface area contributed by atoms with Crippen LogP contribution in [0.1, 0.15) is 18.1 Å². The molecule has 2 heterocycles. The van der Waals surface area contributed by atoms with Gasteiger partial charge in [0, 0.05) is 12.2 Å². The lowest BCUT2D eigenvalue weighted by Crippen LogP contribution is -2.42. The molecule has 0 aliphatic heterocycles. The first-order valence-electron chi connectivity index (χ1n) is 10.1. The van der Waals surface area contributed by atoms with Gasteiger partial charge in [0.1, 0.15) is 11.2 Å². The third kappa shape index (κ3) is 3.72. The van der Waals surface area contributed by atoms with E-state index < -0.39 is 5.69 Å². The van der Waals surface area contributed by atoms with Crippen LogP contribution < -0.4 is 16.1 Å². The predicted molar refractivity (Wildman–Crippen MR) is 126 cm³/mol. The standard InChI is InChI=1S/C24H23N3O3S/c1-4-25(18-8-6-5-7-9-18)21(28)15-26-19-12-13-31-22(19)23(29)27(24(26)30)20-14-16(2)10-11-17(20)3/h5-14H,4,15H2,1-3H3. The summed E-state index contributed by atoms with van der Waals surface area (Å²) >= 11 is 1.28. The first-order valence-corrected chi connectivity index (χ1v) is 11.0. The van der Waals surface area contributed by atoms with Crippen molar-refractivity contribution in [3.05, 3.63) is 91.9 Å². The average molecular weight is 434 g/mol. The summed E-state index contributed by atoms with van der Waals surface area (Å²) in [5, 5.41) is 1.77. The largest absolute Gasteiger partial charge is 0.336 e. The Bertz CT molecular complexity index is 1380. The molecule has 0 saturated heterocycles. The zero-order valence-corrected chi connectivity index (χ0v) is 18.5. The van der Waals surface area contributed by atoms with Gasteiger partial charge in [-0.25, -0.2) is 9.36 Å².